The lowest BCUT2D eigenvalue weighted by Gasteiger charge is -2.41. The molecule has 13 heteroatoms. The first-order valence-corrected chi connectivity index (χ1v) is 14.1. The van der Waals surface area contributed by atoms with Crippen LogP contribution in [0.3, 0.4) is 0 Å². The summed E-state index contributed by atoms with van der Waals surface area (Å²) in [5, 5.41) is 0. The van der Waals surface area contributed by atoms with Crippen molar-refractivity contribution < 1.29 is 47.9 Å². The molecule has 0 fully saturated rings. The van der Waals surface area contributed by atoms with Crippen LogP contribution in [0.25, 0.3) is 0 Å². The van der Waals surface area contributed by atoms with Gasteiger partial charge in [-0.2, -0.15) is 34.8 Å². The maximum absolute atomic E-state index is 14.1. The molecule has 0 heterocycles. The Morgan fingerprint density at radius 2 is 1.05 bits per heavy atom. The van der Waals surface area contributed by atoms with Crippen LogP contribution in [0.2, 0.25) is 0 Å². The Kier molecular flexibility index (Phi) is 8.58. The van der Waals surface area contributed by atoms with Crippen LogP contribution >= 0.6 is 10.3 Å². The third-order valence-electron chi connectivity index (χ3n) is 5.34. The Bertz CT molecular complexity index is 1300. The molecular weight excluding hydrogens is 570 g/mol. The van der Waals surface area contributed by atoms with Gasteiger partial charge in [-0.25, -0.2) is 8.42 Å². The van der Waals surface area contributed by atoms with Gasteiger partial charge >= 0.3 is 23.9 Å². The van der Waals surface area contributed by atoms with Crippen LogP contribution in [0.15, 0.2) is 118 Å². The van der Waals surface area contributed by atoms with E-state index in [1.54, 1.807) is 18.2 Å². The van der Waals surface area contributed by atoms with Crippen molar-refractivity contribution >= 4 is 26.4 Å². The van der Waals surface area contributed by atoms with Crippen LogP contribution in [0.5, 0.6) is 0 Å². The summed E-state index contributed by atoms with van der Waals surface area (Å²) in [6.45, 7) is 3.81. The number of esters is 1. The molecule has 0 aliphatic rings. The molecule has 3 aromatic rings. The summed E-state index contributed by atoms with van der Waals surface area (Å²) in [6.07, 6.45) is -12.8. The maximum Gasteiger partial charge on any atom is 0.438 e. The molecule has 0 saturated carbocycles. The molecule has 0 aliphatic carbocycles. The highest BCUT2D eigenvalue weighted by Crippen LogP contribution is 2.70. The number of carbonyl (C=O) groups excluding carboxylic acids is 1. The normalized spacial score (nSPS) is 13.5. The molecule has 210 valence electrons. The first kappa shape index (κ1) is 30.3. The Morgan fingerprint density at radius 3 is 1.33 bits per heavy atom. The van der Waals surface area contributed by atoms with Gasteiger partial charge < -0.3 is 4.74 Å². The van der Waals surface area contributed by atoms with Crippen LogP contribution in [-0.4, -0.2) is 38.1 Å². The Hall–Kier alpha value is -3.29. The third-order valence-corrected chi connectivity index (χ3v) is 10.6. The topological polar surface area (TPSA) is 69.7 Å². The summed E-state index contributed by atoms with van der Waals surface area (Å²) < 4.78 is 121. The lowest BCUT2D eigenvalue weighted by Crippen LogP contribution is -2.63. The molecule has 5 nitrogen and oxygen atoms in total. The third kappa shape index (κ3) is 6.15. The smallest absolute Gasteiger partial charge is 0.435 e. The van der Waals surface area contributed by atoms with E-state index in [9.17, 15) is 39.6 Å². The van der Waals surface area contributed by atoms with E-state index in [1.165, 1.54) is 72.8 Å². The second-order valence-corrected chi connectivity index (χ2v) is 12.7. The van der Waals surface area contributed by atoms with Gasteiger partial charge in [-0.15, -0.1) is 0 Å². The summed E-state index contributed by atoms with van der Waals surface area (Å²) in [4.78, 5) is 12.5. The number of benzene rings is 3. The number of rotatable bonds is 9. The minimum absolute atomic E-state index is 0.175. The molecule has 0 bridgehead atoms. The maximum atomic E-state index is 14.1. The van der Waals surface area contributed by atoms with E-state index in [1.807, 2.05) is 0 Å². The molecule has 0 aromatic heterocycles. The first-order valence-electron chi connectivity index (χ1n) is 11.0. The molecule has 0 radical (unpaired) electrons. The zero-order valence-electron chi connectivity index (χ0n) is 20.2. The number of hydrogen-bond donors (Lipinski definition) is 0. The molecule has 0 atom stereocenters. The highest BCUT2D eigenvalue weighted by molar-refractivity contribution is 8.33. The molecule has 0 aliphatic heterocycles. The SMILES string of the molecule is C=C(C)C(=O)OC(CS(=O)(=O)OS(c1ccccc1)(c1ccccc1)c1ccccc1)(C(F)(F)F)C(F)(F)F. The fraction of sp³-hybridized carbons (Fsp3) is 0.192. The predicted octanol–water partition coefficient (Wildman–Crippen LogP) is 7.21. The average molecular weight is 593 g/mol. The number of hydrogen-bond acceptors (Lipinski definition) is 5. The van der Waals surface area contributed by atoms with Crippen molar-refractivity contribution in [2.24, 2.45) is 0 Å². The van der Waals surface area contributed by atoms with Gasteiger partial charge in [0.1, 0.15) is 5.75 Å². The lowest BCUT2D eigenvalue weighted by atomic mass is 10.1. The molecular formula is C26H22F6O5S2. The highest BCUT2D eigenvalue weighted by Gasteiger charge is 2.76. The van der Waals surface area contributed by atoms with Crippen molar-refractivity contribution in [1.29, 1.82) is 0 Å². The average Bonchev–Trinajstić information content (AvgIpc) is 2.87. The number of halogens is 6. The quantitative estimate of drug-likeness (QED) is 0.149. The van der Waals surface area contributed by atoms with Gasteiger partial charge in [0, 0.05) is 20.3 Å². The van der Waals surface area contributed by atoms with E-state index in [0.29, 0.717) is 0 Å². The van der Waals surface area contributed by atoms with E-state index in [0.717, 1.165) is 6.92 Å². The molecule has 39 heavy (non-hydrogen) atoms. The highest BCUT2D eigenvalue weighted by atomic mass is 32.3. The van der Waals surface area contributed by atoms with Crippen molar-refractivity contribution in [3.8, 4) is 0 Å². The Morgan fingerprint density at radius 1 is 0.718 bits per heavy atom. The predicted molar refractivity (Wildman–Crippen MR) is 132 cm³/mol. The van der Waals surface area contributed by atoms with Gasteiger partial charge in [0.05, 0.1) is 0 Å². The lowest BCUT2D eigenvalue weighted by molar-refractivity contribution is -0.360. The van der Waals surface area contributed by atoms with Crippen molar-refractivity contribution in [3.05, 3.63) is 103 Å². The van der Waals surface area contributed by atoms with Crippen molar-refractivity contribution in [2.75, 3.05) is 5.75 Å². The van der Waals surface area contributed by atoms with Gasteiger partial charge in [-0.05, 0) is 53.6 Å². The molecule has 0 unspecified atom stereocenters. The van der Waals surface area contributed by atoms with E-state index in [4.69, 9.17) is 3.63 Å². The van der Waals surface area contributed by atoms with E-state index in [2.05, 4.69) is 11.3 Å². The Labute approximate surface area is 222 Å². The van der Waals surface area contributed by atoms with Crippen LogP contribution in [-0.2, 0) is 23.3 Å². The summed E-state index contributed by atoms with van der Waals surface area (Å²) in [7, 11) is -9.27. The van der Waals surface area contributed by atoms with Crippen LogP contribution in [0, 0.1) is 0 Å². The summed E-state index contributed by atoms with van der Waals surface area (Å²) in [5.74, 6) is -4.86. The van der Waals surface area contributed by atoms with Crippen molar-refractivity contribution in [3.63, 3.8) is 0 Å². The molecule has 0 amide bonds. The first-order chi connectivity index (χ1) is 18.1. The number of alkyl halides is 6. The Balaban J connectivity index is 2.30. The van der Waals surface area contributed by atoms with Crippen molar-refractivity contribution in [1.82, 2.24) is 0 Å². The minimum atomic E-state index is -6.39. The van der Waals surface area contributed by atoms with Gasteiger partial charge in [-0.3, -0.25) is 0 Å². The van der Waals surface area contributed by atoms with Crippen LogP contribution < -0.4 is 0 Å². The van der Waals surface area contributed by atoms with E-state index < -0.39 is 55.7 Å². The standard InChI is InChI=1S/C26H22F6O5S2/c1-19(2)23(33)36-24(25(27,28)29,26(30,31)32)18-38(34,35)37-39(20-12-6-3-7-13-20,21-14-8-4-9-15-21)22-16-10-5-11-17-22/h3-17H,1,18H2,2H3. The molecule has 0 spiro atoms. The molecule has 0 saturated heterocycles. The van der Waals surface area contributed by atoms with E-state index >= 15 is 0 Å². The second-order valence-electron chi connectivity index (χ2n) is 8.26. The second kappa shape index (κ2) is 11.1. The monoisotopic (exact) mass is 592 g/mol. The van der Waals surface area contributed by atoms with E-state index in [-0.39, 0.29) is 14.7 Å². The zero-order chi connectivity index (χ0) is 29.1. The van der Waals surface area contributed by atoms with Gasteiger partial charge in [-0.1, -0.05) is 61.2 Å². The summed E-state index contributed by atoms with van der Waals surface area (Å²) >= 11 is 0. The zero-order valence-corrected chi connectivity index (χ0v) is 21.8. The largest absolute Gasteiger partial charge is 0.438 e. The fourth-order valence-corrected chi connectivity index (χ4v) is 9.21. The summed E-state index contributed by atoms with van der Waals surface area (Å²) in [6, 6.07) is 22.6. The van der Waals surface area contributed by atoms with Crippen molar-refractivity contribution in [2.45, 2.75) is 39.6 Å². The summed E-state index contributed by atoms with van der Waals surface area (Å²) in [5.41, 5.74) is -6.24. The van der Waals surface area contributed by atoms with Gasteiger partial charge in [0.15, 0.2) is 0 Å². The van der Waals surface area contributed by atoms with Gasteiger partial charge in [0.2, 0.25) is 0 Å². The number of carbonyl (C=O) groups is 1. The molecule has 0 N–H and O–H groups in total. The molecule has 3 aromatic carbocycles. The number of ether oxygens (including phenoxy) is 1. The van der Waals surface area contributed by atoms with Gasteiger partial charge in [0.25, 0.3) is 10.1 Å². The minimum Gasteiger partial charge on any atom is -0.435 e. The van der Waals surface area contributed by atoms with Crippen LogP contribution in [0.4, 0.5) is 26.3 Å². The molecule has 3 rings (SSSR count). The van der Waals surface area contributed by atoms with Crippen LogP contribution in [0.1, 0.15) is 6.92 Å². The fourth-order valence-electron chi connectivity index (χ4n) is 3.51.